The van der Waals surface area contributed by atoms with Crippen LogP contribution >= 0.6 is 0 Å². The Morgan fingerprint density at radius 1 is 0.155 bits per heavy atom. The number of hydrogen-bond donors (Lipinski definition) is 27. The average molecular weight is 1340 g/mol. The minimum absolute atomic E-state index is 0.00990. The van der Waals surface area contributed by atoms with Gasteiger partial charge in [-0.25, -0.2) is 0 Å². The molecule has 10 aromatic rings. The lowest BCUT2D eigenvalue weighted by molar-refractivity contribution is 0.102. The number of aromatic hydroxyl groups is 27. The number of carbonyl (C=O) groups is 5. The minimum atomic E-state index is -1.03. The molecule has 0 aromatic heterocycles. The first-order chi connectivity index (χ1) is 45.4. The standard InChI is InChI=1S/3C13H10O7.C13H10O6.C13H10O5/c14-7-3-1-5(10(17)12(7)19)9(16)6-2-4-8(15)13(20)11(6)18;14-7-2-1-5(12(19)13(7)20)11(18)6-3-9(16)10(17)4-8(6)15;14-7-2-1-5(3-8(7)15)10(17)6-4-9(16)12(19)13(20)11(6)18;14-8-3-1-6(5-10(8)16)11(17)7-2-4-9(15)13(19)12(7)18;14-9-5-4-7(6-11(9)16)12(17)8-2-1-3-10(15)13(8)18/h1-4,14-15,17-20H;1-4,14-17,19-20H;1-4,14-16,18-20H;1-5,14-16,18-19H;1-6,14-16,18H. The number of phenolic OH excluding ortho intramolecular Hbond substituents is 27. The Kier molecular flexibility index (Phi) is 21.3. The maximum atomic E-state index is 12.1. The summed E-state index contributed by atoms with van der Waals surface area (Å²) in [6.07, 6.45) is 0. The van der Waals surface area contributed by atoms with Crippen LogP contribution in [0.4, 0.5) is 0 Å². The van der Waals surface area contributed by atoms with E-state index in [0.717, 1.165) is 97.1 Å². The average Bonchev–Trinajstić information content (AvgIpc) is 0.816. The maximum absolute atomic E-state index is 12.1. The van der Waals surface area contributed by atoms with E-state index < -0.39 is 178 Å². The summed E-state index contributed by atoms with van der Waals surface area (Å²) in [4.78, 5) is 60.4. The van der Waals surface area contributed by atoms with Gasteiger partial charge in [0.25, 0.3) is 0 Å². The summed E-state index contributed by atoms with van der Waals surface area (Å²) in [5.41, 5.74) is -2.34. The maximum Gasteiger partial charge on any atom is 0.205 e. The van der Waals surface area contributed by atoms with Crippen molar-refractivity contribution in [2.24, 2.45) is 0 Å². The Morgan fingerprint density at radius 2 is 0.402 bits per heavy atom. The highest BCUT2D eigenvalue weighted by Crippen LogP contribution is 2.47. The highest BCUT2D eigenvalue weighted by molar-refractivity contribution is 6.15. The van der Waals surface area contributed by atoms with Crippen LogP contribution in [0.3, 0.4) is 0 Å². The van der Waals surface area contributed by atoms with Gasteiger partial charge >= 0.3 is 0 Å². The first kappa shape index (κ1) is 71.2. The van der Waals surface area contributed by atoms with Crippen molar-refractivity contribution in [1.29, 1.82) is 0 Å². The van der Waals surface area contributed by atoms with Gasteiger partial charge in [0, 0.05) is 22.8 Å². The third-order valence-corrected chi connectivity index (χ3v) is 13.3. The highest BCUT2D eigenvalue weighted by atomic mass is 16.4. The van der Waals surface area contributed by atoms with Crippen molar-refractivity contribution in [3.63, 3.8) is 0 Å². The molecule has 0 saturated heterocycles. The van der Waals surface area contributed by atoms with E-state index in [1.807, 2.05) is 0 Å². The number of rotatable bonds is 10. The Morgan fingerprint density at radius 3 is 0.753 bits per heavy atom. The molecule has 0 aliphatic rings. The molecule has 0 fully saturated rings. The van der Waals surface area contributed by atoms with Gasteiger partial charge in [-0.15, -0.1) is 0 Å². The third kappa shape index (κ3) is 15.3. The lowest BCUT2D eigenvalue weighted by atomic mass is 10.0. The zero-order chi connectivity index (χ0) is 72.5. The third-order valence-electron chi connectivity index (χ3n) is 13.3. The normalized spacial score (nSPS) is 10.4. The zero-order valence-corrected chi connectivity index (χ0v) is 48.4. The first-order valence-corrected chi connectivity index (χ1v) is 26.4. The Hall–Kier alpha value is -14.9. The van der Waals surface area contributed by atoms with Crippen LogP contribution in [0.1, 0.15) is 79.6 Å². The van der Waals surface area contributed by atoms with Crippen LogP contribution in [-0.4, -0.2) is 167 Å². The molecule has 0 amide bonds. The second kappa shape index (κ2) is 29.0. The van der Waals surface area contributed by atoms with Crippen molar-refractivity contribution in [3.8, 4) is 155 Å². The topological polar surface area (TPSA) is 632 Å². The number of phenols is 27. The lowest BCUT2D eigenvalue weighted by Crippen LogP contribution is -2.02. The quantitative estimate of drug-likeness (QED) is 0.0387. The predicted octanol–water partition coefficient (Wildman–Crippen LogP) is 6.64. The van der Waals surface area contributed by atoms with Gasteiger partial charge in [-0.1, -0.05) is 6.07 Å². The molecule has 0 spiro atoms. The lowest BCUT2D eigenvalue weighted by Gasteiger charge is -2.09. The molecule has 0 heterocycles. The molecular formula is C65H50O32. The van der Waals surface area contributed by atoms with Crippen LogP contribution in [0.2, 0.25) is 0 Å². The van der Waals surface area contributed by atoms with Crippen LogP contribution < -0.4 is 0 Å². The fourth-order valence-corrected chi connectivity index (χ4v) is 8.03. The van der Waals surface area contributed by atoms with Gasteiger partial charge in [-0.3, -0.25) is 24.0 Å². The van der Waals surface area contributed by atoms with Crippen LogP contribution in [0.5, 0.6) is 155 Å². The fourth-order valence-electron chi connectivity index (χ4n) is 8.03. The number of carbonyl (C=O) groups excluding carboxylic acids is 5. The van der Waals surface area contributed by atoms with Gasteiger partial charge in [0.1, 0.15) is 5.75 Å². The molecule has 502 valence electrons. The van der Waals surface area contributed by atoms with Crippen molar-refractivity contribution in [1.82, 2.24) is 0 Å². The van der Waals surface area contributed by atoms with Crippen LogP contribution in [-0.2, 0) is 0 Å². The fraction of sp³-hybridized carbons (Fsp3) is 0. The Bertz CT molecular complexity index is 4630. The van der Waals surface area contributed by atoms with Crippen LogP contribution in [0.25, 0.3) is 0 Å². The van der Waals surface area contributed by atoms with Crippen molar-refractivity contribution < 1.29 is 162 Å². The van der Waals surface area contributed by atoms with Crippen molar-refractivity contribution in [2.45, 2.75) is 0 Å². The molecule has 0 aliphatic carbocycles. The number of hydrogen-bond acceptors (Lipinski definition) is 32. The van der Waals surface area contributed by atoms with Crippen molar-refractivity contribution in [2.75, 3.05) is 0 Å². The molecule has 0 bridgehead atoms. The van der Waals surface area contributed by atoms with Gasteiger partial charge in [-0.05, 0) is 127 Å². The van der Waals surface area contributed by atoms with Crippen molar-refractivity contribution >= 4 is 28.9 Å². The summed E-state index contributed by atoms with van der Waals surface area (Å²) in [7, 11) is 0. The van der Waals surface area contributed by atoms with Gasteiger partial charge in [0.2, 0.25) is 46.1 Å². The van der Waals surface area contributed by atoms with E-state index in [1.54, 1.807) is 0 Å². The molecule has 0 atom stereocenters. The molecule has 10 aromatic carbocycles. The summed E-state index contributed by atoms with van der Waals surface area (Å²) in [6, 6.07) is 24.8. The second-order valence-corrected chi connectivity index (χ2v) is 19.6. The molecule has 0 saturated carbocycles. The minimum Gasteiger partial charge on any atom is -0.507 e. The molecular weight excluding hydrogens is 1290 g/mol. The second-order valence-electron chi connectivity index (χ2n) is 19.6. The highest BCUT2D eigenvalue weighted by Gasteiger charge is 2.27. The van der Waals surface area contributed by atoms with Crippen LogP contribution in [0, 0.1) is 0 Å². The molecule has 10 rings (SSSR count). The SMILES string of the molecule is O=C(c1cc(O)c(O)cc1O)c1ccc(O)c(O)c1O.O=C(c1ccc(O)c(O)c1)c1cc(O)c(O)c(O)c1O.O=C(c1ccc(O)c(O)c1)c1ccc(O)c(O)c1O.O=C(c1ccc(O)c(O)c1)c1cccc(O)c1O.O=C(c1ccc(O)c(O)c1O)c1ccc(O)c(O)c1O. The number of ketones is 5. The Balaban J connectivity index is 0.000000192. The van der Waals surface area contributed by atoms with E-state index in [9.17, 15) is 121 Å². The summed E-state index contributed by atoms with van der Waals surface area (Å²) in [5.74, 6) is -22.1. The van der Waals surface area contributed by atoms with Gasteiger partial charge in [-0.2, -0.15) is 0 Å². The van der Waals surface area contributed by atoms with Gasteiger partial charge < -0.3 is 138 Å². The summed E-state index contributed by atoms with van der Waals surface area (Å²) in [6.45, 7) is 0. The number of benzene rings is 10. The summed E-state index contributed by atoms with van der Waals surface area (Å²) >= 11 is 0. The number of para-hydroxylation sites is 1. The van der Waals surface area contributed by atoms with E-state index in [-0.39, 0.29) is 61.6 Å². The van der Waals surface area contributed by atoms with Crippen molar-refractivity contribution in [3.05, 3.63) is 195 Å². The Labute approximate surface area is 539 Å². The molecule has 97 heavy (non-hydrogen) atoms. The molecule has 32 heteroatoms. The summed E-state index contributed by atoms with van der Waals surface area (Å²) in [5, 5.41) is 252. The molecule has 0 radical (unpaired) electrons. The van der Waals surface area contributed by atoms with E-state index >= 15 is 0 Å². The molecule has 0 aliphatic heterocycles. The molecule has 32 nitrogen and oxygen atoms in total. The zero-order valence-electron chi connectivity index (χ0n) is 48.4. The molecule has 0 unspecified atom stereocenters. The predicted molar refractivity (Wildman–Crippen MR) is 327 cm³/mol. The summed E-state index contributed by atoms with van der Waals surface area (Å²) < 4.78 is 0. The van der Waals surface area contributed by atoms with Gasteiger partial charge in [0.05, 0.1) is 38.9 Å². The molecule has 27 N–H and O–H groups in total. The van der Waals surface area contributed by atoms with E-state index in [4.69, 9.17) is 40.9 Å². The first-order valence-electron chi connectivity index (χ1n) is 26.4. The van der Waals surface area contributed by atoms with E-state index in [1.165, 1.54) is 42.5 Å². The largest absolute Gasteiger partial charge is 0.507 e. The van der Waals surface area contributed by atoms with E-state index in [2.05, 4.69) is 0 Å². The van der Waals surface area contributed by atoms with Crippen LogP contribution in [0.15, 0.2) is 140 Å². The monoisotopic (exact) mass is 1340 g/mol. The van der Waals surface area contributed by atoms with Gasteiger partial charge in [0.15, 0.2) is 132 Å². The smallest absolute Gasteiger partial charge is 0.205 e. The van der Waals surface area contributed by atoms with E-state index in [0.29, 0.717) is 0 Å².